The number of hydrogen-bond acceptors (Lipinski definition) is 4. The molecule has 1 aliphatic heterocycles. The average Bonchev–Trinajstić information content (AvgIpc) is 2.55. The monoisotopic (exact) mass is 249 g/mol. The Hall–Kier alpha value is -1.65. The minimum Gasteiger partial charge on any atom is -0.478 e. The lowest BCUT2D eigenvalue weighted by atomic mass is 10.2. The molecule has 0 amide bonds. The molecule has 0 aromatic carbocycles. The van der Waals surface area contributed by atoms with Gasteiger partial charge in [0.05, 0.1) is 11.4 Å². The van der Waals surface area contributed by atoms with Gasteiger partial charge in [-0.3, -0.25) is 0 Å². The summed E-state index contributed by atoms with van der Waals surface area (Å²) in [6.07, 6.45) is 4.81. The largest absolute Gasteiger partial charge is 0.478 e. The first-order chi connectivity index (χ1) is 8.59. The van der Waals surface area contributed by atoms with Gasteiger partial charge in [-0.2, -0.15) is 0 Å². The highest BCUT2D eigenvalue weighted by Gasteiger charge is 2.18. The summed E-state index contributed by atoms with van der Waals surface area (Å²) in [4.78, 5) is 22.0. The number of aromatic carboxylic acids is 1. The Morgan fingerprint density at radius 2 is 1.56 bits per heavy atom. The Morgan fingerprint density at radius 1 is 1.06 bits per heavy atom. The van der Waals surface area contributed by atoms with E-state index < -0.39 is 5.97 Å². The number of aromatic nitrogens is 2. The highest BCUT2D eigenvalue weighted by molar-refractivity contribution is 5.90. The third-order valence-electron chi connectivity index (χ3n) is 3.36. The molecule has 0 radical (unpaired) electrons. The lowest BCUT2D eigenvalue weighted by Crippen LogP contribution is -2.27. The zero-order chi connectivity index (χ0) is 13.1. The van der Waals surface area contributed by atoms with E-state index in [4.69, 9.17) is 5.11 Å². The summed E-state index contributed by atoms with van der Waals surface area (Å²) in [7, 11) is 0. The van der Waals surface area contributed by atoms with E-state index in [-0.39, 0.29) is 5.56 Å². The second-order valence-corrected chi connectivity index (χ2v) is 4.78. The van der Waals surface area contributed by atoms with E-state index in [1.807, 2.05) is 0 Å². The Morgan fingerprint density at radius 3 is 2.00 bits per heavy atom. The molecule has 5 heteroatoms. The maximum atomic E-state index is 11.1. The van der Waals surface area contributed by atoms with E-state index in [0.29, 0.717) is 17.3 Å². The zero-order valence-electron chi connectivity index (χ0n) is 10.9. The third-order valence-corrected chi connectivity index (χ3v) is 3.36. The first kappa shape index (κ1) is 12.8. The van der Waals surface area contributed by atoms with E-state index in [9.17, 15) is 4.79 Å². The van der Waals surface area contributed by atoms with Gasteiger partial charge in [0.1, 0.15) is 5.56 Å². The van der Waals surface area contributed by atoms with Crippen molar-refractivity contribution in [1.29, 1.82) is 0 Å². The fraction of sp³-hybridized carbons (Fsp3) is 0.615. The van der Waals surface area contributed by atoms with Crippen LogP contribution in [0.15, 0.2) is 0 Å². The van der Waals surface area contributed by atoms with Gasteiger partial charge in [0, 0.05) is 13.1 Å². The van der Waals surface area contributed by atoms with Gasteiger partial charge in [-0.15, -0.1) is 0 Å². The van der Waals surface area contributed by atoms with Crippen LogP contribution >= 0.6 is 0 Å². The van der Waals surface area contributed by atoms with Gasteiger partial charge < -0.3 is 10.0 Å². The third kappa shape index (κ3) is 2.60. The number of carbonyl (C=O) groups is 1. The topological polar surface area (TPSA) is 66.3 Å². The highest BCUT2D eigenvalue weighted by atomic mass is 16.4. The Labute approximate surface area is 107 Å². The smallest absolute Gasteiger partial charge is 0.339 e. The molecule has 98 valence electrons. The van der Waals surface area contributed by atoms with E-state index in [0.717, 1.165) is 25.9 Å². The summed E-state index contributed by atoms with van der Waals surface area (Å²) in [5, 5.41) is 9.10. The average molecular weight is 249 g/mol. The van der Waals surface area contributed by atoms with E-state index in [1.165, 1.54) is 12.8 Å². The van der Waals surface area contributed by atoms with Gasteiger partial charge in [-0.05, 0) is 26.7 Å². The maximum Gasteiger partial charge on any atom is 0.339 e. The quantitative estimate of drug-likeness (QED) is 0.870. The first-order valence-corrected chi connectivity index (χ1v) is 6.43. The molecule has 1 aromatic rings. The van der Waals surface area contributed by atoms with Crippen LogP contribution < -0.4 is 4.90 Å². The molecule has 0 atom stereocenters. The number of hydrogen-bond donors (Lipinski definition) is 1. The molecule has 0 unspecified atom stereocenters. The molecular formula is C13H19N3O2. The van der Waals surface area contributed by atoms with Crippen LogP contribution in [-0.4, -0.2) is 34.1 Å². The fourth-order valence-corrected chi connectivity index (χ4v) is 2.42. The predicted octanol–water partition coefficient (Wildman–Crippen LogP) is 2.17. The Bertz CT molecular complexity index is 429. The van der Waals surface area contributed by atoms with Crippen LogP contribution in [0.5, 0.6) is 0 Å². The van der Waals surface area contributed by atoms with E-state index in [1.54, 1.807) is 13.8 Å². The van der Waals surface area contributed by atoms with Crippen LogP contribution in [0.4, 0.5) is 5.95 Å². The molecule has 2 rings (SSSR count). The minimum absolute atomic E-state index is 0.230. The summed E-state index contributed by atoms with van der Waals surface area (Å²) in [5.74, 6) is -0.274. The van der Waals surface area contributed by atoms with Crippen LogP contribution in [0.25, 0.3) is 0 Å². The standard InChI is InChI=1S/C13H19N3O2/c1-9-11(12(17)18)10(2)15-13(14-9)16-7-5-3-4-6-8-16/h3-8H2,1-2H3,(H,17,18). The van der Waals surface area contributed by atoms with Gasteiger partial charge in [0.25, 0.3) is 0 Å². The molecule has 1 aliphatic rings. The van der Waals surface area contributed by atoms with Gasteiger partial charge in [0.15, 0.2) is 0 Å². The summed E-state index contributed by atoms with van der Waals surface area (Å²) >= 11 is 0. The number of carboxylic acid groups (broad SMARTS) is 1. The second-order valence-electron chi connectivity index (χ2n) is 4.78. The summed E-state index contributed by atoms with van der Waals surface area (Å²) in [5.41, 5.74) is 1.33. The van der Waals surface area contributed by atoms with Crippen molar-refractivity contribution >= 4 is 11.9 Å². The predicted molar refractivity (Wildman–Crippen MR) is 69.1 cm³/mol. The molecule has 0 bridgehead atoms. The lowest BCUT2D eigenvalue weighted by molar-refractivity contribution is 0.0694. The maximum absolute atomic E-state index is 11.1. The molecule has 5 nitrogen and oxygen atoms in total. The van der Waals surface area contributed by atoms with Crippen molar-refractivity contribution in [2.24, 2.45) is 0 Å². The van der Waals surface area contributed by atoms with Crippen molar-refractivity contribution in [3.8, 4) is 0 Å². The lowest BCUT2D eigenvalue weighted by Gasteiger charge is -2.21. The molecule has 18 heavy (non-hydrogen) atoms. The first-order valence-electron chi connectivity index (χ1n) is 6.43. The summed E-state index contributed by atoms with van der Waals surface area (Å²) in [6.45, 7) is 5.40. The normalized spacial score (nSPS) is 16.4. The molecule has 2 heterocycles. The SMILES string of the molecule is Cc1nc(N2CCCCCC2)nc(C)c1C(=O)O. The molecule has 1 saturated heterocycles. The molecular weight excluding hydrogens is 230 g/mol. The number of anilines is 1. The van der Waals surface area contributed by atoms with Gasteiger partial charge in [-0.1, -0.05) is 12.8 Å². The molecule has 1 fully saturated rings. The molecule has 0 spiro atoms. The van der Waals surface area contributed by atoms with Crippen LogP contribution in [-0.2, 0) is 0 Å². The molecule has 1 aromatic heterocycles. The summed E-state index contributed by atoms with van der Waals surface area (Å²) < 4.78 is 0. The van der Waals surface area contributed by atoms with Crippen molar-refractivity contribution in [2.75, 3.05) is 18.0 Å². The number of nitrogens with zero attached hydrogens (tertiary/aromatic N) is 3. The van der Waals surface area contributed by atoms with Crippen molar-refractivity contribution < 1.29 is 9.90 Å². The Kier molecular flexibility index (Phi) is 3.79. The number of carboxylic acids is 1. The highest BCUT2D eigenvalue weighted by Crippen LogP contribution is 2.19. The Balaban J connectivity index is 2.31. The van der Waals surface area contributed by atoms with Crippen LogP contribution in [0, 0.1) is 13.8 Å². The summed E-state index contributed by atoms with van der Waals surface area (Å²) in [6, 6.07) is 0. The van der Waals surface area contributed by atoms with Gasteiger partial charge in [0.2, 0.25) is 5.95 Å². The van der Waals surface area contributed by atoms with Crippen molar-refractivity contribution in [3.63, 3.8) is 0 Å². The van der Waals surface area contributed by atoms with Crippen LogP contribution in [0.2, 0.25) is 0 Å². The molecule has 1 N–H and O–H groups in total. The number of rotatable bonds is 2. The number of aryl methyl sites for hydroxylation is 2. The van der Waals surface area contributed by atoms with Crippen molar-refractivity contribution in [3.05, 3.63) is 17.0 Å². The van der Waals surface area contributed by atoms with Crippen molar-refractivity contribution in [1.82, 2.24) is 9.97 Å². The van der Waals surface area contributed by atoms with Gasteiger partial charge >= 0.3 is 5.97 Å². The fourth-order valence-electron chi connectivity index (χ4n) is 2.42. The second kappa shape index (κ2) is 5.33. The van der Waals surface area contributed by atoms with Crippen LogP contribution in [0.1, 0.15) is 47.4 Å². The van der Waals surface area contributed by atoms with Gasteiger partial charge in [-0.25, -0.2) is 14.8 Å². The zero-order valence-corrected chi connectivity index (χ0v) is 10.9. The minimum atomic E-state index is -0.951. The van der Waals surface area contributed by atoms with E-state index in [2.05, 4.69) is 14.9 Å². The van der Waals surface area contributed by atoms with Crippen LogP contribution in [0.3, 0.4) is 0 Å². The van der Waals surface area contributed by atoms with E-state index >= 15 is 0 Å². The van der Waals surface area contributed by atoms with Crippen molar-refractivity contribution in [2.45, 2.75) is 39.5 Å². The molecule has 0 aliphatic carbocycles. The molecule has 0 saturated carbocycles.